The van der Waals surface area contributed by atoms with Crippen LogP contribution in [-0.4, -0.2) is 63.2 Å². The number of pyridine rings is 1. The number of benzene rings is 1. The number of carboxylic acid groups (broad SMARTS) is 1. The van der Waals surface area contributed by atoms with E-state index >= 15 is 0 Å². The number of carbonyl (C=O) groups is 1. The molecule has 1 amide bonds. The summed E-state index contributed by atoms with van der Waals surface area (Å²) in [5, 5.41) is 10.8. The van der Waals surface area contributed by atoms with Crippen LogP contribution >= 0.6 is 0 Å². The van der Waals surface area contributed by atoms with Gasteiger partial charge in [-0.2, -0.15) is 0 Å². The minimum Gasteiger partial charge on any atom is -0.492 e. The van der Waals surface area contributed by atoms with Crippen molar-refractivity contribution in [3.63, 3.8) is 0 Å². The Kier molecular flexibility index (Phi) is 7.29. The second-order valence-electron chi connectivity index (χ2n) is 8.58. The number of anilines is 1. The minimum atomic E-state index is -4.11. The number of aromatic nitrogens is 1. The van der Waals surface area contributed by atoms with Gasteiger partial charge in [0.1, 0.15) is 17.3 Å². The highest BCUT2D eigenvalue weighted by Gasteiger charge is 2.52. The lowest BCUT2D eigenvalue weighted by Gasteiger charge is -2.32. The number of nitrogens with zero attached hydrogens (tertiary/aromatic N) is 1. The summed E-state index contributed by atoms with van der Waals surface area (Å²) in [7, 11) is -3.58. The maximum absolute atomic E-state index is 13.2. The van der Waals surface area contributed by atoms with E-state index in [-0.39, 0.29) is 29.6 Å². The normalized spacial score (nSPS) is 16.7. The predicted octanol–water partition coefficient (Wildman–Crippen LogP) is 1.84. The molecule has 1 fully saturated rings. The summed E-state index contributed by atoms with van der Waals surface area (Å²) in [5.74, 6) is 0.281. The monoisotopic (exact) mass is 493 g/mol. The van der Waals surface area contributed by atoms with Gasteiger partial charge < -0.3 is 29.2 Å². The van der Waals surface area contributed by atoms with Crippen molar-refractivity contribution in [2.45, 2.75) is 43.8 Å². The molecule has 0 aliphatic carbocycles. The Hall–Kier alpha value is -3.03. The van der Waals surface area contributed by atoms with Gasteiger partial charge >= 0.3 is 13.2 Å². The molecular weight excluding hydrogens is 465 g/mol. The highest BCUT2D eigenvalue weighted by atomic mass is 32.2. The molecule has 34 heavy (non-hydrogen) atoms. The third kappa shape index (κ3) is 5.72. The van der Waals surface area contributed by atoms with Gasteiger partial charge in [0.2, 0.25) is 5.88 Å². The molecule has 0 unspecified atom stereocenters. The van der Waals surface area contributed by atoms with Crippen molar-refractivity contribution in [2.24, 2.45) is 0 Å². The van der Waals surface area contributed by atoms with Crippen molar-refractivity contribution < 1.29 is 37.1 Å². The van der Waals surface area contributed by atoms with Crippen molar-refractivity contribution in [1.29, 1.82) is 0 Å². The lowest BCUT2D eigenvalue weighted by atomic mass is 9.80. The molecule has 0 spiro atoms. The number of methoxy groups -OCH3 is 1. The van der Waals surface area contributed by atoms with Crippen LogP contribution in [0.5, 0.6) is 11.6 Å². The van der Waals surface area contributed by atoms with Gasteiger partial charge in [-0.05, 0) is 45.9 Å². The van der Waals surface area contributed by atoms with Crippen LogP contribution in [0.4, 0.5) is 10.5 Å². The van der Waals surface area contributed by atoms with Gasteiger partial charge in [0.25, 0.3) is 10.0 Å². The SMILES string of the molecule is COc1ncc(B2OC(C)(C)C(C)(C)O2)cc1S(=O)(=O)Nc1cccc(OCCNC(=O)O)c1. The Morgan fingerprint density at radius 3 is 2.47 bits per heavy atom. The van der Waals surface area contributed by atoms with E-state index in [1.54, 1.807) is 18.2 Å². The predicted molar refractivity (Wildman–Crippen MR) is 125 cm³/mol. The molecule has 1 saturated heterocycles. The zero-order valence-electron chi connectivity index (χ0n) is 19.6. The summed E-state index contributed by atoms with van der Waals surface area (Å²) >= 11 is 0. The standard InChI is InChI=1S/C21H28BN3O8S/c1-20(2)21(3,4)33-22(32-20)14-11-17(18(30-5)24-13-14)34(28,29)25-15-7-6-8-16(12-15)31-10-9-23-19(26)27/h6-8,11-13,23,25H,9-10H2,1-5H3,(H,26,27). The Labute approximate surface area is 199 Å². The summed E-state index contributed by atoms with van der Waals surface area (Å²) in [5.41, 5.74) is -0.528. The summed E-state index contributed by atoms with van der Waals surface area (Å²) in [4.78, 5) is 14.5. The average molecular weight is 493 g/mol. The molecule has 2 aromatic rings. The van der Waals surface area contributed by atoms with E-state index in [1.807, 2.05) is 27.7 Å². The molecule has 1 aromatic heterocycles. The molecule has 184 valence electrons. The van der Waals surface area contributed by atoms with Gasteiger partial charge in [-0.3, -0.25) is 4.72 Å². The number of nitrogens with one attached hydrogen (secondary N) is 2. The van der Waals surface area contributed by atoms with Gasteiger partial charge in [0, 0.05) is 17.7 Å². The molecule has 0 radical (unpaired) electrons. The van der Waals surface area contributed by atoms with E-state index in [4.69, 9.17) is 23.9 Å². The number of hydrogen-bond donors (Lipinski definition) is 3. The number of hydrogen-bond acceptors (Lipinski definition) is 8. The summed E-state index contributed by atoms with van der Waals surface area (Å²) in [6.45, 7) is 7.76. The smallest absolute Gasteiger partial charge is 0.492 e. The number of amides is 1. The van der Waals surface area contributed by atoms with Crippen LogP contribution in [-0.2, 0) is 19.3 Å². The molecule has 1 aliphatic heterocycles. The number of rotatable bonds is 9. The van der Waals surface area contributed by atoms with Gasteiger partial charge in [-0.1, -0.05) is 6.07 Å². The average Bonchev–Trinajstić information content (AvgIpc) is 2.97. The topological polar surface area (TPSA) is 145 Å². The fourth-order valence-electron chi connectivity index (χ4n) is 3.09. The fraction of sp³-hybridized carbons (Fsp3) is 0.429. The second-order valence-corrected chi connectivity index (χ2v) is 10.2. The molecule has 0 atom stereocenters. The molecule has 3 rings (SSSR count). The maximum atomic E-state index is 13.2. The van der Waals surface area contributed by atoms with Crippen LogP contribution in [0.15, 0.2) is 41.4 Å². The van der Waals surface area contributed by atoms with E-state index in [2.05, 4.69) is 15.0 Å². The summed E-state index contributed by atoms with van der Waals surface area (Å²) in [6, 6.07) is 7.68. The van der Waals surface area contributed by atoms with Crippen molar-refractivity contribution in [3.8, 4) is 11.6 Å². The summed E-state index contributed by atoms with van der Waals surface area (Å²) in [6.07, 6.45) is 0.301. The Bertz CT molecular complexity index is 1140. The first-order valence-electron chi connectivity index (χ1n) is 10.5. The van der Waals surface area contributed by atoms with E-state index in [0.717, 1.165) is 0 Å². The van der Waals surface area contributed by atoms with Crippen LogP contribution in [0.3, 0.4) is 0 Å². The van der Waals surface area contributed by atoms with Crippen LogP contribution < -0.4 is 25.0 Å². The van der Waals surface area contributed by atoms with E-state index in [0.29, 0.717) is 11.2 Å². The maximum Gasteiger partial charge on any atom is 0.496 e. The highest BCUT2D eigenvalue weighted by molar-refractivity contribution is 7.92. The zero-order chi connectivity index (χ0) is 25.1. The fourth-order valence-corrected chi connectivity index (χ4v) is 4.29. The largest absolute Gasteiger partial charge is 0.496 e. The quantitative estimate of drug-likeness (QED) is 0.352. The minimum absolute atomic E-state index is 0.0797. The van der Waals surface area contributed by atoms with Crippen LogP contribution in [0.1, 0.15) is 27.7 Å². The van der Waals surface area contributed by atoms with Gasteiger partial charge in [0.15, 0.2) is 0 Å². The first kappa shape index (κ1) is 25.6. The third-order valence-electron chi connectivity index (χ3n) is 5.58. The third-order valence-corrected chi connectivity index (χ3v) is 6.96. The second kappa shape index (κ2) is 9.68. The van der Waals surface area contributed by atoms with Gasteiger partial charge in [-0.15, -0.1) is 0 Å². The van der Waals surface area contributed by atoms with Crippen LogP contribution in [0.25, 0.3) is 0 Å². The van der Waals surface area contributed by atoms with Gasteiger partial charge in [-0.25, -0.2) is 18.2 Å². The summed E-state index contributed by atoms with van der Waals surface area (Å²) < 4.78 is 51.6. The van der Waals surface area contributed by atoms with Crippen molar-refractivity contribution in [1.82, 2.24) is 10.3 Å². The first-order valence-corrected chi connectivity index (χ1v) is 11.9. The lowest BCUT2D eigenvalue weighted by molar-refractivity contribution is 0.00578. The molecular formula is C21H28BN3O8S. The van der Waals surface area contributed by atoms with Crippen molar-refractivity contribution >= 4 is 34.4 Å². The van der Waals surface area contributed by atoms with Crippen molar-refractivity contribution in [2.75, 3.05) is 25.0 Å². The molecule has 13 heteroatoms. The molecule has 11 nitrogen and oxygen atoms in total. The molecule has 1 aliphatic rings. The molecule has 2 heterocycles. The van der Waals surface area contributed by atoms with E-state index in [9.17, 15) is 13.2 Å². The molecule has 0 saturated carbocycles. The Morgan fingerprint density at radius 1 is 1.18 bits per heavy atom. The van der Waals surface area contributed by atoms with Gasteiger partial charge in [0.05, 0.1) is 30.5 Å². The molecule has 3 N–H and O–H groups in total. The number of sulfonamides is 1. The molecule has 0 bridgehead atoms. The lowest BCUT2D eigenvalue weighted by Crippen LogP contribution is -2.41. The van der Waals surface area contributed by atoms with E-state index < -0.39 is 34.4 Å². The molecule has 1 aromatic carbocycles. The number of ether oxygens (including phenoxy) is 2. The highest BCUT2D eigenvalue weighted by Crippen LogP contribution is 2.37. The zero-order valence-corrected chi connectivity index (χ0v) is 20.4. The first-order chi connectivity index (χ1) is 15.8. The van der Waals surface area contributed by atoms with Crippen LogP contribution in [0, 0.1) is 0 Å². The Morgan fingerprint density at radius 2 is 1.85 bits per heavy atom. The van der Waals surface area contributed by atoms with E-state index in [1.165, 1.54) is 25.4 Å². The van der Waals surface area contributed by atoms with Crippen LogP contribution in [0.2, 0.25) is 0 Å². The Balaban J connectivity index is 1.82. The van der Waals surface area contributed by atoms with Crippen molar-refractivity contribution in [3.05, 3.63) is 36.5 Å².